The van der Waals surface area contributed by atoms with Gasteiger partial charge in [-0.3, -0.25) is 4.79 Å². The average molecular weight is 547 g/mol. The van der Waals surface area contributed by atoms with Crippen molar-refractivity contribution in [2.45, 2.75) is 19.6 Å². The predicted molar refractivity (Wildman–Crippen MR) is 153 cm³/mol. The Bertz CT molecular complexity index is 1670. The number of ether oxygens (including phenoxy) is 1. The number of para-hydroxylation sites is 1. The number of hydrogen-bond acceptors (Lipinski definition) is 5. The second-order valence-corrected chi connectivity index (χ2v) is 9.20. The minimum absolute atomic E-state index is 0.0219. The van der Waals surface area contributed by atoms with Crippen LogP contribution < -0.4 is 10.1 Å². The van der Waals surface area contributed by atoms with Crippen LogP contribution in [0.4, 0.5) is 4.39 Å². The minimum atomic E-state index is -0.451. The number of aryl methyl sites for hydroxylation is 1. The number of hydrogen-bond donors (Lipinski definition) is 1. The molecular weight excluding hydrogens is 519 g/mol. The van der Waals surface area contributed by atoms with Gasteiger partial charge in [-0.1, -0.05) is 36.4 Å². The van der Waals surface area contributed by atoms with Crippen molar-refractivity contribution >= 4 is 12.0 Å². The lowest BCUT2D eigenvalue weighted by Gasteiger charge is -2.08. The molecule has 2 aromatic heterocycles. The molecule has 3 aromatic carbocycles. The highest BCUT2D eigenvalue weighted by molar-refractivity contribution is 6.02. The number of halogens is 1. The molecule has 9 heteroatoms. The molecule has 0 aliphatic heterocycles. The third-order valence-corrected chi connectivity index (χ3v) is 6.35. The van der Waals surface area contributed by atoms with E-state index in [1.807, 2.05) is 59.3 Å². The topological polar surface area (TPSA) is 97.8 Å². The summed E-state index contributed by atoms with van der Waals surface area (Å²) in [6.45, 7) is 1.23. The van der Waals surface area contributed by atoms with E-state index in [0.717, 1.165) is 11.3 Å². The second-order valence-electron chi connectivity index (χ2n) is 9.20. The molecule has 0 spiro atoms. The number of rotatable bonds is 11. The van der Waals surface area contributed by atoms with E-state index in [4.69, 9.17) is 9.84 Å². The highest BCUT2D eigenvalue weighted by Gasteiger charge is 2.15. The Morgan fingerprint density at radius 2 is 1.83 bits per heavy atom. The van der Waals surface area contributed by atoms with Crippen molar-refractivity contribution in [2.75, 3.05) is 6.54 Å². The lowest BCUT2D eigenvalue weighted by molar-refractivity contribution is -0.117. The van der Waals surface area contributed by atoms with Gasteiger partial charge < -0.3 is 14.6 Å². The number of carbonyl (C=O) groups excluding carboxylic acids is 1. The largest absolute Gasteiger partial charge is 0.489 e. The molecule has 0 bridgehead atoms. The van der Waals surface area contributed by atoms with Gasteiger partial charge >= 0.3 is 0 Å². The normalized spacial score (nSPS) is 11.2. The molecule has 5 rings (SSSR count). The summed E-state index contributed by atoms with van der Waals surface area (Å²) in [6, 6.07) is 25.3. The van der Waals surface area contributed by atoms with Gasteiger partial charge in [0.25, 0.3) is 5.91 Å². The first-order chi connectivity index (χ1) is 20.1. The number of aromatic nitrogens is 4. The Labute approximate surface area is 237 Å². The lowest BCUT2D eigenvalue weighted by atomic mass is 10.1. The quantitative estimate of drug-likeness (QED) is 0.133. The summed E-state index contributed by atoms with van der Waals surface area (Å²) in [5, 5.41) is 17.4. The maximum Gasteiger partial charge on any atom is 0.261 e. The molecule has 41 heavy (non-hydrogen) atoms. The molecule has 0 unspecified atom stereocenters. The van der Waals surface area contributed by atoms with Crippen molar-refractivity contribution in [3.05, 3.63) is 126 Å². The van der Waals surface area contributed by atoms with Crippen molar-refractivity contribution in [3.8, 4) is 28.8 Å². The highest BCUT2D eigenvalue weighted by atomic mass is 19.1. The number of benzene rings is 3. The van der Waals surface area contributed by atoms with E-state index >= 15 is 0 Å². The zero-order chi connectivity index (χ0) is 28.4. The van der Waals surface area contributed by atoms with E-state index in [1.165, 1.54) is 6.07 Å². The van der Waals surface area contributed by atoms with Crippen LogP contribution in [0.3, 0.4) is 0 Å². The zero-order valence-corrected chi connectivity index (χ0v) is 22.2. The van der Waals surface area contributed by atoms with E-state index in [9.17, 15) is 14.4 Å². The van der Waals surface area contributed by atoms with Gasteiger partial charge in [0.15, 0.2) is 0 Å². The number of imidazole rings is 1. The van der Waals surface area contributed by atoms with Crippen molar-refractivity contribution in [1.82, 2.24) is 24.6 Å². The number of nitrogens with one attached hydrogen (secondary N) is 1. The van der Waals surface area contributed by atoms with E-state index < -0.39 is 5.91 Å². The molecule has 0 saturated heterocycles. The predicted octanol–water partition coefficient (Wildman–Crippen LogP) is 5.57. The zero-order valence-electron chi connectivity index (χ0n) is 22.2. The molecule has 5 aromatic rings. The molecule has 1 N–H and O–H groups in total. The first-order valence-corrected chi connectivity index (χ1v) is 13.1. The van der Waals surface area contributed by atoms with Crippen LogP contribution in [0.15, 0.2) is 109 Å². The van der Waals surface area contributed by atoms with Crippen LogP contribution >= 0.6 is 0 Å². The minimum Gasteiger partial charge on any atom is -0.489 e. The fraction of sp³-hybridized carbons (Fsp3) is 0.125. The molecule has 0 aliphatic carbocycles. The summed E-state index contributed by atoms with van der Waals surface area (Å²) < 4.78 is 23.4. The average Bonchev–Trinajstić information content (AvgIpc) is 3.69. The first-order valence-electron chi connectivity index (χ1n) is 13.1. The molecule has 0 aliphatic rings. The molecule has 1 amide bonds. The van der Waals surface area contributed by atoms with Crippen molar-refractivity contribution < 1.29 is 13.9 Å². The van der Waals surface area contributed by atoms with Gasteiger partial charge in [-0.15, -0.1) is 0 Å². The Morgan fingerprint density at radius 1 is 1.05 bits per heavy atom. The summed E-state index contributed by atoms with van der Waals surface area (Å²) >= 11 is 0. The van der Waals surface area contributed by atoms with Gasteiger partial charge in [-0.2, -0.15) is 10.4 Å². The van der Waals surface area contributed by atoms with Gasteiger partial charge in [-0.25, -0.2) is 14.1 Å². The molecule has 8 nitrogen and oxygen atoms in total. The Hall–Kier alpha value is -5.49. The van der Waals surface area contributed by atoms with E-state index in [2.05, 4.69) is 10.3 Å². The van der Waals surface area contributed by atoms with Crippen LogP contribution in [-0.4, -0.2) is 31.8 Å². The molecule has 0 radical (unpaired) electrons. The monoisotopic (exact) mass is 546 g/mol. The Morgan fingerprint density at radius 3 is 2.56 bits per heavy atom. The summed E-state index contributed by atoms with van der Waals surface area (Å²) in [5.41, 5.74) is 3.25. The van der Waals surface area contributed by atoms with Crippen LogP contribution in [0, 0.1) is 17.1 Å². The van der Waals surface area contributed by atoms with Crippen LogP contribution in [0.5, 0.6) is 5.75 Å². The van der Waals surface area contributed by atoms with Crippen molar-refractivity contribution in [2.24, 2.45) is 0 Å². The van der Waals surface area contributed by atoms with Gasteiger partial charge in [-0.05, 0) is 55.0 Å². The molecule has 2 heterocycles. The van der Waals surface area contributed by atoms with Gasteiger partial charge in [0, 0.05) is 48.4 Å². The van der Waals surface area contributed by atoms with E-state index in [1.54, 1.807) is 59.8 Å². The fourth-order valence-electron chi connectivity index (χ4n) is 4.20. The maximum absolute atomic E-state index is 13.9. The Kier molecular flexibility index (Phi) is 8.62. The van der Waals surface area contributed by atoms with Crippen molar-refractivity contribution in [1.29, 1.82) is 5.26 Å². The van der Waals surface area contributed by atoms with Gasteiger partial charge in [0.2, 0.25) is 0 Å². The van der Waals surface area contributed by atoms with Crippen LogP contribution in [0.25, 0.3) is 23.0 Å². The number of carbonyl (C=O) groups is 1. The molecular formula is C32H27FN6O2. The summed E-state index contributed by atoms with van der Waals surface area (Å²) in [4.78, 5) is 16.8. The smallest absolute Gasteiger partial charge is 0.261 e. The highest BCUT2D eigenvalue weighted by Crippen LogP contribution is 2.28. The SMILES string of the molecule is N#C/C(=C\c1cn(-c2ccccc2)nc1-c1ccc(OCc2ccccc2F)cc1)C(=O)NCCCn1ccnc1. The third kappa shape index (κ3) is 6.94. The van der Waals surface area contributed by atoms with Crippen LogP contribution in [0.1, 0.15) is 17.5 Å². The molecule has 0 saturated carbocycles. The third-order valence-electron chi connectivity index (χ3n) is 6.35. The van der Waals surface area contributed by atoms with Crippen LogP contribution in [0.2, 0.25) is 0 Å². The first kappa shape index (κ1) is 27.1. The van der Waals surface area contributed by atoms with Crippen molar-refractivity contribution in [3.63, 3.8) is 0 Å². The summed E-state index contributed by atoms with van der Waals surface area (Å²) in [6.07, 6.45) is 9.32. The Balaban J connectivity index is 1.36. The second kappa shape index (κ2) is 13.0. The maximum atomic E-state index is 13.9. The molecule has 204 valence electrons. The van der Waals surface area contributed by atoms with Crippen LogP contribution in [-0.2, 0) is 17.9 Å². The standard InChI is InChI=1S/C32H27FN6O2/c33-30-10-5-4-7-25(30)22-41-29-13-11-24(12-14-29)31-27(21-39(37-31)28-8-2-1-3-9-28)19-26(20-34)32(40)36-15-6-17-38-18-16-35-23-38/h1-5,7-14,16,18-19,21,23H,6,15,17,22H2,(H,36,40)/b26-19+. The number of nitrogens with zero attached hydrogens (tertiary/aromatic N) is 5. The number of nitriles is 1. The fourth-order valence-corrected chi connectivity index (χ4v) is 4.20. The number of amides is 1. The molecule has 0 atom stereocenters. The van der Waals surface area contributed by atoms with E-state index in [0.29, 0.717) is 42.1 Å². The lowest BCUT2D eigenvalue weighted by Crippen LogP contribution is -2.26. The summed E-state index contributed by atoms with van der Waals surface area (Å²) in [5.74, 6) is -0.194. The van der Waals surface area contributed by atoms with Gasteiger partial charge in [0.05, 0.1) is 17.7 Å². The summed E-state index contributed by atoms with van der Waals surface area (Å²) in [7, 11) is 0. The molecule has 0 fully saturated rings. The van der Waals surface area contributed by atoms with Gasteiger partial charge in [0.1, 0.15) is 29.8 Å². The van der Waals surface area contributed by atoms with E-state index in [-0.39, 0.29) is 18.0 Å².